The highest BCUT2D eigenvalue weighted by molar-refractivity contribution is 7.18. The summed E-state index contributed by atoms with van der Waals surface area (Å²) < 4.78 is 1.60. The Morgan fingerprint density at radius 2 is 2.12 bits per heavy atom. The quantitative estimate of drug-likeness (QED) is 0.722. The molecule has 0 aliphatic heterocycles. The molecule has 4 rings (SSSR count). The number of aromatic nitrogens is 2. The second-order valence-corrected chi connectivity index (χ2v) is 7.78. The lowest BCUT2D eigenvalue weighted by Gasteiger charge is -2.17. The van der Waals surface area contributed by atoms with E-state index >= 15 is 0 Å². The van der Waals surface area contributed by atoms with E-state index in [-0.39, 0.29) is 11.1 Å². The molecule has 6 heteroatoms. The van der Waals surface area contributed by atoms with Crippen LogP contribution in [0.4, 0.5) is 0 Å². The van der Waals surface area contributed by atoms with Gasteiger partial charge in [0.1, 0.15) is 4.83 Å². The van der Waals surface area contributed by atoms with Gasteiger partial charge in [-0.2, -0.15) is 0 Å². The number of hydrogen-bond donors (Lipinski definition) is 0. The maximum absolute atomic E-state index is 12.9. The van der Waals surface area contributed by atoms with Gasteiger partial charge in [-0.1, -0.05) is 31.2 Å². The third-order valence-corrected chi connectivity index (χ3v) is 5.99. The van der Waals surface area contributed by atoms with E-state index in [1.807, 2.05) is 0 Å². The van der Waals surface area contributed by atoms with Crippen LogP contribution >= 0.6 is 11.3 Å². The summed E-state index contributed by atoms with van der Waals surface area (Å²) in [6.07, 6.45) is 4.67. The lowest BCUT2D eigenvalue weighted by molar-refractivity contribution is -0.255. The van der Waals surface area contributed by atoms with Crippen LogP contribution in [0.2, 0.25) is 0 Å². The van der Waals surface area contributed by atoms with Gasteiger partial charge in [-0.25, -0.2) is 4.98 Å². The lowest BCUT2D eigenvalue weighted by Crippen LogP contribution is -2.23. The van der Waals surface area contributed by atoms with Crippen LogP contribution in [0.3, 0.4) is 0 Å². The predicted molar refractivity (Wildman–Crippen MR) is 94.9 cm³/mol. The molecule has 0 spiro atoms. The Balaban J connectivity index is 1.72. The van der Waals surface area contributed by atoms with Gasteiger partial charge in [-0.15, -0.1) is 11.3 Å². The van der Waals surface area contributed by atoms with Crippen LogP contribution in [0.15, 0.2) is 35.4 Å². The van der Waals surface area contributed by atoms with Crippen LogP contribution in [0.25, 0.3) is 10.2 Å². The van der Waals surface area contributed by atoms with E-state index in [2.05, 4.69) is 11.9 Å². The van der Waals surface area contributed by atoms with E-state index in [0.29, 0.717) is 12.5 Å². The van der Waals surface area contributed by atoms with Crippen molar-refractivity contribution in [2.24, 2.45) is 5.92 Å². The number of nitrogens with zero attached hydrogens (tertiary/aromatic N) is 2. The SMILES string of the molecule is C[C@@H]1CCc2c(sc3ncn(Cc4ccc(C(=O)[O-])cc4)c(=O)c23)C1. The summed E-state index contributed by atoms with van der Waals surface area (Å²) in [4.78, 5) is 30.4. The van der Waals surface area contributed by atoms with Crippen LogP contribution in [0.5, 0.6) is 0 Å². The number of rotatable bonds is 3. The topological polar surface area (TPSA) is 75.0 Å². The molecule has 1 aliphatic carbocycles. The Kier molecular flexibility index (Phi) is 3.92. The van der Waals surface area contributed by atoms with Gasteiger partial charge in [-0.05, 0) is 41.9 Å². The second kappa shape index (κ2) is 6.11. The fourth-order valence-corrected chi connectivity index (χ4v) is 4.76. The summed E-state index contributed by atoms with van der Waals surface area (Å²) >= 11 is 1.64. The Hall–Kier alpha value is -2.47. The fourth-order valence-electron chi connectivity index (χ4n) is 3.42. The molecule has 25 heavy (non-hydrogen) atoms. The molecule has 0 bridgehead atoms. The van der Waals surface area contributed by atoms with Crippen LogP contribution in [-0.4, -0.2) is 15.5 Å². The zero-order valence-corrected chi connectivity index (χ0v) is 14.6. The number of aryl methyl sites for hydroxylation is 1. The number of fused-ring (bicyclic) bond motifs is 3. The van der Waals surface area contributed by atoms with Gasteiger partial charge in [0.25, 0.3) is 5.56 Å². The van der Waals surface area contributed by atoms with Crippen LogP contribution in [0.1, 0.15) is 39.7 Å². The Morgan fingerprint density at radius 1 is 1.36 bits per heavy atom. The Labute approximate surface area is 148 Å². The number of benzene rings is 1. The molecule has 2 heterocycles. The smallest absolute Gasteiger partial charge is 0.262 e. The fraction of sp³-hybridized carbons (Fsp3) is 0.316. The summed E-state index contributed by atoms with van der Waals surface area (Å²) in [5.74, 6) is -0.545. The number of thiophene rings is 1. The van der Waals surface area contributed by atoms with E-state index in [1.165, 1.54) is 22.6 Å². The Bertz CT molecular complexity index is 1020. The molecular formula is C19H17N2O3S-. The first-order valence-corrected chi connectivity index (χ1v) is 9.14. The van der Waals surface area contributed by atoms with Crippen molar-refractivity contribution in [3.05, 3.63) is 62.5 Å². The number of hydrogen-bond acceptors (Lipinski definition) is 5. The second-order valence-electron chi connectivity index (χ2n) is 6.69. The molecule has 5 nitrogen and oxygen atoms in total. The highest BCUT2D eigenvalue weighted by atomic mass is 32.1. The minimum Gasteiger partial charge on any atom is -0.545 e. The average Bonchev–Trinajstić information content (AvgIpc) is 2.96. The van der Waals surface area contributed by atoms with Crippen molar-refractivity contribution in [3.63, 3.8) is 0 Å². The van der Waals surface area contributed by atoms with E-state index < -0.39 is 5.97 Å². The van der Waals surface area contributed by atoms with Gasteiger partial charge < -0.3 is 9.90 Å². The number of carboxylic acids is 1. The first kappa shape index (κ1) is 16.0. The van der Waals surface area contributed by atoms with Gasteiger partial charge in [0.05, 0.1) is 24.2 Å². The molecule has 3 aromatic rings. The highest BCUT2D eigenvalue weighted by Gasteiger charge is 2.23. The molecule has 2 aromatic heterocycles. The summed E-state index contributed by atoms with van der Waals surface area (Å²) in [6, 6.07) is 6.39. The summed E-state index contributed by atoms with van der Waals surface area (Å²) in [7, 11) is 0. The number of aromatic carboxylic acids is 1. The van der Waals surface area contributed by atoms with Crippen molar-refractivity contribution < 1.29 is 9.90 Å². The van der Waals surface area contributed by atoms with Crippen molar-refractivity contribution >= 4 is 27.5 Å². The molecule has 0 saturated heterocycles. The molecule has 0 unspecified atom stereocenters. The first-order chi connectivity index (χ1) is 12.0. The molecule has 0 radical (unpaired) electrons. The summed E-state index contributed by atoms with van der Waals surface area (Å²) in [6.45, 7) is 2.62. The molecule has 1 aliphatic rings. The van der Waals surface area contributed by atoms with Crippen LogP contribution < -0.4 is 10.7 Å². The molecular weight excluding hydrogens is 336 g/mol. The highest BCUT2D eigenvalue weighted by Crippen LogP contribution is 2.35. The number of carbonyl (C=O) groups excluding carboxylic acids is 1. The molecule has 1 atom stereocenters. The van der Waals surface area contributed by atoms with Gasteiger partial charge >= 0.3 is 0 Å². The van der Waals surface area contributed by atoms with Gasteiger partial charge in [-0.3, -0.25) is 9.36 Å². The lowest BCUT2D eigenvalue weighted by atomic mass is 9.89. The zero-order valence-electron chi connectivity index (χ0n) is 13.8. The van der Waals surface area contributed by atoms with E-state index in [9.17, 15) is 14.7 Å². The van der Waals surface area contributed by atoms with Crippen molar-refractivity contribution in [1.82, 2.24) is 9.55 Å². The van der Waals surface area contributed by atoms with E-state index in [1.54, 1.807) is 34.4 Å². The van der Waals surface area contributed by atoms with Gasteiger partial charge in [0.2, 0.25) is 0 Å². The largest absolute Gasteiger partial charge is 0.545 e. The molecule has 0 saturated carbocycles. The third kappa shape index (κ3) is 2.87. The van der Waals surface area contributed by atoms with Crippen molar-refractivity contribution in [1.29, 1.82) is 0 Å². The molecule has 1 aromatic carbocycles. The van der Waals surface area contributed by atoms with E-state index in [4.69, 9.17) is 0 Å². The van der Waals surface area contributed by atoms with Crippen molar-refractivity contribution in [2.45, 2.75) is 32.7 Å². The first-order valence-electron chi connectivity index (χ1n) is 8.33. The summed E-state index contributed by atoms with van der Waals surface area (Å²) in [5.41, 5.74) is 2.15. The van der Waals surface area contributed by atoms with Gasteiger partial charge in [0.15, 0.2) is 0 Å². The Morgan fingerprint density at radius 3 is 2.84 bits per heavy atom. The molecule has 0 fully saturated rings. The van der Waals surface area contributed by atoms with Gasteiger partial charge in [0, 0.05) is 4.88 Å². The predicted octanol–water partition coefficient (Wildman–Crippen LogP) is 1.99. The number of carbonyl (C=O) groups is 1. The maximum Gasteiger partial charge on any atom is 0.262 e. The van der Waals surface area contributed by atoms with Crippen LogP contribution in [-0.2, 0) is 19.4 Å². The molecule has 0 amide bonds. The monoisotopic (exact) mass is 353 g/mol. The normalized spacial score (nSPS) is 16.8. The number of carboxylic acid groups (broad SMARTS) is 1. The summed E-state index contributed by atoms with van der Waals surface area (Å²) in [5, 5.41) is 11.6. The molecule has 0 N–H and O–H groups in total. The minimum absolute atomic E-state index is 0.0129. The third-order valence-electron chi connectivity index (χ3n) is 4.82. The van der Waals surface area contributed by atoms with Crippen molar-refractivity contribution in [2.75, 3.05) is 0 Å². The van der Waals surface area contributed by atoms with E-state index in [0.717, 1.165) is 35.0 Å². The zero-order chi connectivity index (χ0) is 17.6. The maximum atomic E-state index is 12.9. The minimum atomic E-state index is -1.20. The standard InChI is InChI=1S/C19H18N2O3S/c1-11-2-7-14-15(8-11)25-17-16(14)18(22)21(10-20-17)9-12-3-5-13(6-4-12)19(23)24/h3-6,10-11H,2,7-9H2,1H3,(H,23,24)/p-1/t11-/m1/s1. The van der Waals surface area contributed by atoms with Crippen LogP contribution in [0, 0.1) is 5.92 Å². The van der Waals surface area contributed by atoms with Crippen molar-refractivity contribution in [3.8, 4) is 0 Å². The average molecular weight is 353 g/mol. The molecule has 128 valence electrons.